The molecule has 2 aromatic carbocycles. The van der Waals surface area contributed by atoms with Gasteiger partial charge in [-0.2, -0.15) is 0 Å². The van der Waals surface area contributed by atoms with Crippen LogP contribution in [0.3, 0.4) is 0 Å². The first-order valence-electron chi connectivity index (χ1n) is 9.27. The molecule has 1 atom stereocenters. The van der Waals surface area contributed by atoms with Crippen molar-refractivity contribution >= 4 is 22.8 Å². The summed E-state index contributed by atoms with van der Waals surface area (Å²) >= 11 is 0. The summed E-state index contributed by atoms with van der Waals surface area (Å²) in [5, 5.41) is 3.99. The minimum absolute atomic E-state index is 0.262. The van der Waals surface area contributed by atoms with Crippen LogP contribution in [0.5, 0.6) is 5.75 Å². The molecule has 1 amide bonds. The second-order valence-corrected chi connectivity index (χ2v) is 7.03. The van der Waals surface area contributed by atoms with Gasteiger partial charge in [0.05, 0.1) is 12.7 Å². The van der Waals surface area contributed by atoms with E-state index in [2.05, 4.69) is 10.3 Å². The van der Waals surface area contributed by atoms with Crippen LogP contribution in [0.4, 0.5) is 0 Å². The molecule has 3 aromatic rings. The summed E-state index contributed by atoms with van der Waals surface area (Å²) in [6.45, 7) is 2.43. The van der Waals surface area contributed by atoms with Gasteiger partial charge >= 0.3 is 5.97 Å². The van der Waals surface area contributed by atoms with Gasteiger partial charge in [0.25, 0.3) is 5.91 Å². The van der Waals surface area contributed by atoms with Crippen LogP contribution < -0.4 is 10.1 Å². The quantitative estimate of drug-likeness (QED) is 0.669. The predicted molar refractivity (Wildman–Crippen MR) is 106 cm³/mol. The molecule has 0 radical (unpaired) electrons. The van der Waals surface area contributed by atoms with Gasteiger partial charge in [-0.15, -0.1) is 0 Å². The lowest BCUT2D eigenvalue weighted by molar-refractivity contribution is -0.130. The number of rotatable bonds is 5. The van der Waals surface area contributed by atoms with Gasteiger partial charge in [-0.1, -0.05) is 17.7 Å². The molecule has 4 rings (SSSR count). The van der Waals surface area contributed by atoms with E-state index >= 15 is 0 Å². The van der Waals surface area contributed by atoms with E-state index in [-0.39, 0.29) is 5.91 Å². The zero-order valence-electron chi connectivity index (χ0n) is 15.9. The van der Waals surface area contributed by atoms with E-state index in [1.807, 2.05) is 43.5 Å². The van der Waals surface area contributed by atoms with E-state index < -0.39 is 12.1 Å². The standard InChI is InChI=1S/C22H22N2O4/c1-13-3-5-18-15(9-13)10-20(28-22(18)26)21(25)23-8-7-14-12-24-19-11-16(27-2)4-6-17(14)19/h3-6,9,11-12,20,24H,7-8,10H2,1-2H3,(H,23,25). The molecule has 0 bridgehead atoms. The van der Waals surface area contributed by atoms with Crippen molar-refractivity contribution in [3.05, 3.63) is 64.8 Å². The minimum atomic E-state index is -0.783. The highest BCUT2D eigenvalue weighted by Crippen LogP contribution is 2.24. The molecule has 144 valence electrons. The Hall–Kier alpha value is -3.28. The zero-order valence-corrected chi connectivity index (χ0v) is 15.9. The number of aromatic amines is 1. The van der Waals surface area contributed by atoms with Crippen molar-refractivity contribution in [2.24, 2.45) is 0 Å². The number of benzene rings is 2. The van der Waals surface area contributed by atoms with Crippen LogP contribution in [0.2, 0.25) is 0 Å². The summed E-state index contributed by atoms with van der Waals surface area (Å²) < 4.78 is 10.6. The number of ether oxygens (including phenoxy) is 2. The number of aryl methyl sites for hydroxylation is 1. The number of H-pyrrole nitrogens is 1. The number of esters is 1. The van der Waals surface area contributed by atoms with Gasteiger partial charge in [0.1, 0.15) is 5.75 Å². The molecule has 0 saturated carbocycles. The maximum absolute atomic E-state index is 12.5. The monoisotopic (exact) mass is 378 g/mol. The van der Waals surface area contributed by atoms with Crippen molar-refractivity contribution in [1.82, 2.24) is 10.3 Å². The Morgan fingerprint density at radius 3 is 2.96 bits per heavy atom. The molecule has 6 nitrogen and oxygen atoms in total. The minimum Gasteiger partial charge on any atom is -0.497 e. The Morgan fingerprint density at radius 1 is 1.29 bits per heavy atom. The predicted octanol–water partition coefficient (Wildman–Crippen LogP) is 2.93. The van der Waals surface area contributed by atoms with Gasteiger partial charge in [-0.25, -0.2) is 4.79 Å². The van der Waals surface area contributed by atoms with Gasteiger partial charge in [-0.05, 0) is 42.7 Å². The molecule has 1 aliphatic heterocycles. The number of hydrogen-bond acceptors (Lipinski definition) is 4. The Bertz CT molecular complexity index is 1050. The lowest BCUT2D eigenvalue weighted by Gasteiger charge is -2.24. The molecule has 28 heavy (non-hydrogen) atoms. The second-order valence-electron chi connectivity index (χ2n) is 7.03. The third-order valence-electron chi connectivity index (χ3n) is 5.10. The number of aromatic nitrogens is 1. The maximum atomic E-state index is 12.5. The van der Waals surface area contributed by atoms with Gasteiger partial charge in [0, 0.05) is 36.1 Å². The highest BCUT2D eigenvalue weighted by atomic mass is 16.5. The SMILES string of the molecule is COc1ccc2c(CCNC(=O)C3Cc4cc(C)ccc4C(=O)O3)c[nH]c2c1. The van der Waals surface area contributed by atoms with E-state index in [1.54, 1.807) is 13.2 Å². The Labute approximate surface area is 162 Å². The first-order chi connectivity index (χ1) is 13.5. The fourth-order valence-corrected chi connectivity index (χ4v) is 3.60. The fraction of sp³-hybridized carbons (Fsp3) is 0.273. The maximum Gasteiger partial charge on any atom is 0.339 e. The lowest BCUT2D eigenvalue weighted by Crippen LogP contribution is -2.42. The van der Waals surface area contributed by atoms with Crippen molar-refractivity contribution < 1.29 is 19.1 Å². The Balaban J connectivity index is 1.38. The summed E-state index contributed by atoms with van der Waals surface area (Å²) in [4.78, 5) is 27.9. The first kappa shape index (κ1) is 18.1. The average Bonchev–Trinajstić information content (AvgIpc) is 3.09. The van der Waals surface area contributed by atoms with Crippen LogP contribution in [-0.2, 0) is 22.4 Å². The van der Waals surface area contributed by atoms with Crippen molar-refractivity contribution in [2.45, 2.75) is 25.9 Å². The molecule has 1 unspecified atom stereocenters. The van der Waals surface area contributed by atoms with Crippen LogP contribution in [-0.4, -0.2) is 36.6 Å². The molecule has 6 heteroatoms. The van der Waals surface area contributed by atoms with E-state index in [9.17, 15) is 9.59 Å². The van der Waals surface area contributed by atoms with E-state index in [4.69, 9.17) is 9.47 Å². The summed E-state index contributed by atoms with van der Waals surface area (Å²) in [6, 6.07) is 11.4. The Kier molecular flexibility index (Phi) is 4.77. The number of nitrogens with one attached hydrogen (secondary N) is 2. The number of methoxy groups -OCH3 is 1. The molecule has 2 N–H and O–H groups in total. The van der Waals surface area contributed by atoms with Crippen molar-refractivity contribution in [2.75, 3.05) is 13.7 Å². The van der Waals surface area contributed by atoms with Crippen molar-refractivity contribution in [3.8, 4) is 5.75 Å². The first-order valence-corrected chi connectivity index (χ1v) is 9.27. The average molecular weight is 378 g/mol. The number of carbonyl (C=O) groups is 2. The fourth-order valence-electron chi connectivity index (χ4n) is 3.60. The number of cyclic esters (lactones) is 1. The lowest BCUT2D eigenvalue weighted by atomic mass is 9.96. The third-order valence-corrected chi connectivity index (χ3v) is 5.10. The summed E-state index contributed by atoms with van der Waals surface area (Å²) in [5.41, 5.74) is 4.57. The third kappa shape index (κ3) is 3.45. The molecular formula is C22H22N2O4. The molecule has 0 aliphatic carbocycles. The number of fused-ring (bicyclic) bond motifs is 2. The van der Waals surface area contributed by atoms with Gasteiger partial charge in [-0.3, -0.25) is 4.79 Å². The normalized spacial score (nSPS) is 15.8. The van der Waals surface area contributed by atoms with Crippen LogP contribution in [0.1, 0.15) is 27.0 Å². The Morgan fingerprint density at radius 2 is 2.14 bits per heavy atom. The molecule has 0 fully saturated rings. The van der Waals surface area contributed by atoms with E-state index in [0.29, 0.717) is 24.9 Å². The van der Waals surface area contributed by atoms with Crippen LogP contribution >= 0.6 is 0 Å². The van der Waals surface area contributed by atoms with E-state index in [0.717, 1.165) is 33.3 Å². The highest BCUT2D eigenvalue weighted by molar-refractivity contribution is 5.96. The number of hydrogen-bond donors (Lipinski definition) is 2. The van der Waals surface area contributed by atoms with E-state index in [1.165, 1.54) is 0 Å². The largest absolute Gasteiger partial charge is 0.497 e. The summed E-state index contributed by atoms with van der Waals surface area (Å²) in [5.74, 6) is 0.0952. The van der Waals surface area contributed by atoms with Gasteiger partial charge in [0.15, 0.2) is 6.10 Å². The van der Waals surface area contributed by atoms with Gasteiger partial charge < -0.3 is 19.8 Å². The highest BCUT2D eigenvalue weighted by Gasteiger charge is 2.31. The van der Waals surface area contributed by atoms with Crippen LogP contribution in [0, 0.1) is 6.92 Å². The molecule has 1 aromatic heterocycles. The number of amides is 1. The molecule has 0 saturated heterocycles. The zero-order chi connectivity index (χ0) is 19.7. The van der Waals surface area contributed by atoms with Crippen LogP contribution in [0.25, 0.3) is 10.9 Å². The van der Waals surface area contributed by atoms with Crippen molar-refractivity contribution in [1.29, 1.82) is 0 Å². The smallest absolute Gasteiger partial charge is 0.339 e. The van der Waals surface area contributed by atoms with Crippen LogP contribution in [0.15, 0.2) is 42.6 Å². The summed E-state index contributed by atoms with van der Waals surface area (Å²) in [7, 11) is 1.64. The number of carbonyl (C=O) groups excluding carboxylic acids is 2. The topological polar surface area (TPSA) is 80.4 Å². The molecular weight excluding hydrogens is 356 g/mol. The summed E-state index contributed by atoms with van der Waals surface area (Å²) in [6.07, 6.45) is 2.24. The van der Waals surface area contributed by atoms with Crippen molar-refractivity contribution in [3.63, 3.8) is 0 Å². The second kappa shape index (κ2) is 7.38. The van der Waals surface area contributed by atoms with Gasteiger partial charge in [0.2, 0.25) is 0 Å². The molecule has 0 spiro atoms. The molecule has 2 heterocycles. The molecule has 1 aliphatic rings.